The quantitative estimate of drug-likeness (QED) is 0.449. The Labute approximate surface area is 211 Å². The second-order valence-electron chi connectivity index (χ2n) is 8.81. The number of esters is 1. The number of amides is 2. The first kappa shape index (κ1) is 25.1. The zero-order chi connectivity index (χ0) is 25.3. The van der Waals surface area contributed by atoms with Gasteiger partial charge in [0.15, 0.2) is 0 Å². The molecule has 1 aliphatic carbocycles. The Morgan fingerprint density at radius 2 is 1.64 bits per heavy atom. The van der Waals surface area contributed by atoms with E-state index in [4.69, 9.17) is 4.74 Å². The van der Waals surface area contributed by atoms with Crippen molar-refractivity contribution in [1.29, 1.82) is 0 Å². The standard InChI is InChI=1S/C29H31N3O4/c1-2-36-29(35)22-16-18-24(19-17-22)32(28(34)25-15-9-10-20-30-25)26(21-11-5-3-6-12-21)27(33)31-23-13-7-4-8-14-23/h3,5-6,9-12,15-20,23,26H,2,4,7-8,13-14H2,1H3,(H,31,33)/t26-/m1/s1. The van der Waals surface area contributed by atoms with Crippen LogP contribution < -0.4 is 10.2 Å². The van der Waals surface area contributed by atoms with Crippen LogP contribution in [-0.4, -0.2) is 35.4 Å². The minimum Gasteiger partial charge on any atom is -0.462 e. The van der Waals surface area contributed by atoms with E-state index in [0.29, 0.717) is 16.8 Å². The molecule has 7 heteroatoms. The Morgan fingerprint density at radius 3 is 2.28 bits per heavy atom. The van der Waals surface area contributed by atoms with E-state index < -0.39 is 17.9 Å². The van der Waals surface area contributed by atoms with E-state index in [1.807, 2.05) is 30.3 Å². The van der Waals surface area contributed by atoms with Crippen LogP contribution >= 0.6 is 0 Å². The summed E-state index contributed by atoms with van der Waals surface area (Å²) in [4.78, 5) is 45.6. The summed E-state index contributed by atoms with van der Waals surface area (Å²) in [5, 5.41) is 3.19. The summed E-state index contributed by atoms with van der Waals surface area (Å²) in [6, 6.07) is 20.1. The molecule has 4 rings (SSSR count). The molecule has 3 aromatic rings. The number of hydrogen-bond donors (Lipinski definition) is 1. The molecule has 1 N–H and O–H groups in total. The molecular formula is C29H31N3O4. The summed E-state index contributed by atoms with van der Waals surface area (Å²) in [6.07, 6.45) is 6.73. The van der Waals surface area contributed by atoms with Crippen LogP contribution in [0, 0.1) is 0 Å². The fourth-order valence-electron chi connectivity index (χ4n) is 4.55. The molecule has 1 fully saturated rings. The van der Waals surface area contributed by atoms with Gasteiger partial charge in [0.2, 0.25) is 5.91 Å². The molecule has 1 saturated carbocycles. The van der Waals surface area contributed by atoms with Crippen molar-refractivity contribution in [2.24, 2.45) is 0 Å². The molecule has 186 valence electrons. The summed E-state index contributed by atoms with van der Waals surface area (Å²) < 4.78 is 5.09. The van der Waals surface area contributed by atoms with Gasteiger partial charge in [-0.05, 0) is 61.7 Å². The third kappa shape index (κ3) is 5.97. The molecule has 0 radical (unpaired) electrons. The molecule has 1 aliphatic rings. The maximum atomic E-state index is 13.9. The normalized spacial score (nSPS) is 14.5. The van der Waals surface area contributed by atoms with Crippen LogP contribution in [0.2, 0.25) is 0 Å². The highest BCUT2D eigenvalue weighted by molar-refractivity contribution is 6.09. The average Bonchev–Trinajstić information content (AvgIpc) is 2.93. The topological polar surface area (TPSA) is 88.6 Å². The molecule has 2 amide bonds. The predicted octanol–water partition coefficient (Wildman–Crippen LogP) is 5.10. The number of benzene rings is 2. The van der Waals surface area contributed by atoms with Gasteiger partial charge in [0.1, 0.15) is 11.7 Å². The Hall–Kier alpha value is -4.00. The highest BCUT2D eigenvalue weighted by Crippen LogP contribution is 2.31. The van der Waals surface area contributed by atoms with Gasteiger partial charge in [0, 0.05) is 17.9 Å². The van der Waals surface area contributed by atoms with Crippen LogP contribution in [-0.2, 0) is 9.53 Å². The first-order valence-corrected chi connectivity index (χ1v) is 12.5. The fourth-order valence-corrected chi connectivity index (χ4v) is 4.55. The SMILES string of the molecule is CCOC(=O)c1ccc(N(C(=O)c2ccccn2)[C@@H](C(=O)NC2CCCCC2)c2ccccc2)cc1. The molecule has 7 nitrogen and oxygen atoms in total. The van der Waals surface area contributed by atoms with Crippen molar-refractivity contribution >= 4 is 23.5 Å². The van der Waals surface area contributed by atoms with Gasteiger partial charge in [-0.15, -0.1) is 0 Å². The van der Waals surface area contributed by atoms with Gasteiger partial charge < -0.3 is 10.1 Å². The van der Waals surface area contributed by atoms with E-state index >= 15 is 0 Å². The van der Waals surface area contributed by atoms with Gasteiger partial charge in [-0.2, -0.15) is 0 Å². The van der Waals surface area contributed by atoms with Gasteiger partial charge in [-0.25, -0.2) is 4.79 Å². The van der Waals surface area contributed by atoms with E-state index in [2.05, 4.69) is 10.3 Å². The molecular weight excluding hydrogens is 454 g/mol. The van der Waals surface area contributed by atoms with Crippen molar-refractivity contribution in [3.63, 3.8) is 0 Å². The smallest absolute Gasteiger partial charge is 0.338 e. The molecule has 1 atom stereocenters. The van der Waals surface area contributed by atoms with Crippen LogP contribution in [0.15, 0.2) is 79.0 Å². The number of nitrogens with zero attached hydrogens (tertiary/aromatic N) is 2. The number of aromatic nitrogens is 1. The number of anilines is 1. The largest absolute Gasteiger partial charge is 0.462 e. The summed E-state index contributed by atoms with van der Waals surface area (Å²) in [5.41, 5.74) is 1.75. The van der Waals surface area contributed by atoms with Crippen LogP contribution in [0.3, 0.4) is 0 Å². The maximum absolute atomic E-state index is 13.9. The Kier molecular flexibility index (Phi) is 8.44. The van der Waals surface area contributed by atoms with Crippen LogP contribution in [0.5, 0.6) is 0 Å². The third-order valence-electron chi connectivity index (χ3n) is 6.33. The monoisotopic (exact) mass is 485 g/mol. The lowest BCUT2D eigenvalue weighted by atomic mass is 9.94. The minimum absolute atomic E-state index is 0.0791. The number of nitrogens with one attached hydrogen (secondary N) is 1. The lowest BCUT2D eigenvalue weighted by Crippen LogP contribution is -2.47. The third-order valence-corrected chi connectivity index (χ3v) is 6.33. The van der Waals surface area contributed by atoms with Gasteiger partial charge >= 0.3 is 5.97 Å². The molecule has 0 aliphatic heterocycles. The van der Waals surface area contributed by atoms with E-state index in [0.717, 1.165) is 25.7 Å². The summed E-state index contributed by atoms with van der Waals surface area (Å²) >= 11 is 0. The lowest BCUT2D eigenvalue weighted by Gasteiger charge is -2.33. The predicted molar refractivity (Wildman–Crippen MR) is 138 cm³/mol. The van der Waals surface area contributed by atoms with Gasteiger partial charge in [-0.1, -0.05) is 55.7 Å². The highest BCUT2D eigenvalue weighted by atomic mass is 16.5. The highest BCUT2D eigenvalue weighted by Gasteiger charge is 2.35. The summed E-state index contributed by atoms with van der Waals surface area (Å²) in [6.45, 7) is 2.01. The van der Waals surface area contributed by atoms with E-state index in [1.54, 1.807) is 55.6 Å². The zero-order valence-electron chi connectivity index (χ0n) is 20.4. The second kappa shape index (κ2) is 12.1. The van der Waals surface area contributed by atoms with Crippen LogP contribution in [0.1, 0.15) is 71.5 Å². The van der Waals surface area contributed by atoms with Crippen molar-refractivity contribution in [2.45, 2.75) is 51.1 Å². The Balaban J connectivity index is 1.76. The molecule has 2 aromatic carbocycles. The van der Waals surface area contributed by atoms with Crippen molar-refractivity contribution in [1.82, 2.24) is 10.3 Å². The number of rotatable bonds is 8. The maximum Gasteiger partial charge on any atom is 0.338 e. The van der Waals surface area contributed by atoms with Gasteiger partial charge in [0.25, 0.3) is 5.91 Å². The summed E-state index contributed by atoms with van der Waals surface area (Å²) in [7, 11) is 0. The van der Waals surface area contributed by atoms with Gasteiger partial charge in [-0.3, -0.25) is 19.5 Å². The fraction of sp³-hybridized carbons (Fsp3) is 0.310. The first-order valence-electron chi connectivity index (χ1n) is 12.5. The van der Waals surface area contributed by atoms with E-state index in [-0.39, 0.29) is 24.2 Å². The first-order chi connectivity index (χ1) is 17.6. The van der Waals surface area contributed by atoms with Crippen molar-refractivity contribution in [3.8, 4) is 0 Å². The molecule has 0 saturated heterocycles. The summed E-state index contributed by atoms with van der Waals surface area (Å²) in [5.74, 6) is -1.10. The molecule has 0 unspecified atom stereocenters. The minimum atomic E-state index is -0.920. The number of hydrogen-bond acceptors (Lipinski definition) is 5. The van der Waals surface area contributed by atoms with Gasteiger partial charge in [0.05, 0.1) is 12.2 Å². The van der Waals surface area contributed by atoms with Crippen molar-refractivity contribution < 1.29 is 19.1 Å². The lowest BCUT2D eigenvalue weighted by molar-refractivity contribution is -0.123. The number of carbonyl (C=O) groups is 3. The number of ether oxygens (including phenoxy) is 1. The van der Waals surface area contributed by atoms with Crippen LogP contribution in [0.4, 0.5) is 5.69 Å². The van der Waals surface area contributed by atoms with Crippen LogP contribution in [0.25, 0.3) is 0 Å². The molecule has 0 bridgehead atoms. The number of pyridine rings is 1. The average molecular weight is 486 g/mol. The zero-order valence-corrected chi connectivity index (χ0v) is 20.4. The molecule has 36 heavy (non-hydrogen) atoms. The van der Waals surface area contributed by atoms with Crippen molar-refractivity contribution in [3.05, 3.63) is 95.8 Å². The Morgan fingerprint density at radius 1 is 0.944 bits per heavy atom. The van der Waals surface area contributed by atoms with E-state index in [1.165, 1.54) is 11.3 Å². The molecule has 1 heterocycles. The van der Waals surface area contributed by atoms with Crippen molar-refractivity contribution in [2.75, 3.05) is 11.5 Å². The van der Waals surface area contributed by atoms with E-state index in [9.17, 15) is 14.4 Å². The molecule has 0 spiro atoms. The molecule has 1 aromatic heterocycles. The number of carbonyl (C=O) groups excluding carboxylic acids is 3. The Bertz CT molecular complexity index is 1160. The second-order valence-corrected chi connectivity index (χ2v) is 8.81.